The molecule has 0 aliphatic carbocycles. The van der Waals surface area contributed by atoms with Gasteiger partial charge in [0.15, 0.2) is 11.5 Å². The largest absolute Gasteiger partial charge is 0.493 e. The smallest absolute Gasteiger partial charge is 0.161 e. The van der Waals surface area contributed by atoms with E-state index in [0.717, 1.165) is 37.6 Å². The van der Waals surface area contributed by atoms with Crippen molar-refractivity contribution >= 4 is 12.4 Å². The summed E-state index contributed by atoms with van der Waals surface area (Å²) in [7, 11) is 3.35. The number of hydrogen-bond donors (Lipinski definition) is 1. The molecule has 0 atom stereocenters. The van der Waals surface area contributed by atoms with Crippen LogP contribution in [0.25, 0.3) is 0 Å². The third kappa shape index (κ3) is 4.01. The Morgan fingerprint density at radius 3 is 2.20 bits per heavy atom. The van der Waals surface area contributed by atoms with Crippen LogP contribution in [0, 0.1) is 0 Å². The first-order valence-corrected chi connectivity index (χ1v) is 6.68. The minimum atomic E-state index is -0.159. The van der Waals surface area contributed by atoms with E-state index in [9.17, 15) is 0 Å². The van der Waals surface area contributed by atoms with Gasteiger partial charge in [-0.1, -0.05) is 0 Å². The van der Waals surface area contributed by atoms with Crippen LogP contribution in [-0.2, 0) is 13.0 Å². The number of fused-ring (bicyclic) bond motifs is 1. The fourth-order valence-electron chi connectivity index (χ4n) is 2.65. The van der Waals surface area contributed by atoms with E-state index in [4.69, 9.17) is 15.2 Å². The summed E-state index contributed by atoms with van der Waals surface area (Å²) in [5.41, 5.74) is 8.61. The molecule has 2 rings (SSSR count). The Labute approximate surface area is 127 Å². The van der Waals surface area contributed by atoms with Gasteiger partial charge in [-0.15, -0.1) is 12.4 Å². The molecule has 1 aliphatic heterocycles. The highest BCUT2D eigenvalue weighted by molar-refractivity contribution is 5.85. The lowest BCUT2D eigenvalue weighted by Crippen LogP contribution is -2.46. The molecule has 1 aliphatic rings. The van der Waals surface area contributed by atoms with Crippen LogP contribution in [0.5, 0.6) is 11.5 Å². The van der Waals surface area contributed by atoms with Crippen LogP contribution in [0.3, 0.4) is 0 Å². The first-order chi connectivity index (χ1) is 8.93. The summed E-state index contributed by atoms with van der Waals surface area (Å²) < 4.78 is 10.7. The molecule has 0 radical (unpaired) electrons. The summed E-state index contributed by atoms with van der Waals surface area (Å²) >= 11 is 0. The molecular weight excluding hydrogens is 276 g/mol. The van der Waals surface area contributed by atoms with Crippen molar-refractivity contribution in [3.05, 3.63) is 23.3 Å². The Kier molecular flexibility index (Phi) is 5.68. The number of halogens is 1. The summed E-state index contributed by atoms with van der Waals surface area (Å²) in [6.07, 6.45) is 1.03. The normalized spacial score (nSPS) is 15.2. The highest BCUT2D eigenvalue weighted by Crippen LogP contribution is 2.33. The van der Waals surface area contributed by atoms with Gasteiger partial charge in [0, 0.05) is 25.2 Å². The molecule has 20 heavy (non-hydrogen) atoms. The van der Waals surface area contributed by atoms with Crippen LogP contribution in [0.2, 0.25) is 0 Å². The van der Waals surface area contributed by atoms with Crippen molar-refractivity contribution in [1.82, 2.24) is 4.90 Å². The van der Waals surface area contributed by atoms with Crippen molar-refractivity contribution in [1.29, 1.82) is 0 Å². The summed E-state index contributed by atoms with van der Waals surface area (Å²) in [6.45, 7) is 7.01. The lowest BCUT2D eigenvalue weighted by atomic mass is 9.97. The maximum Gasteiger partial charge on any atom is 0.161 e. The highest BCUT2D eigenvalue weighted by Gasteiger charge is 2.23. The second-order valence-corrected chi connectivity index (χ2v) is 5.93. The standard InChI is InChI=1S/C15H24N2O2.ClH/c1-15(2,16)10-17-6-5-11-7-13(18-3)14(19-4)8-12(11)9-17;/h7-8H,5-6,9-10,16H2,1-4H3;1H. The van der Waals surface area contributed by atoms with Gasteiger partial charge in [-0.2, -0.15) is 0 Å². The number of rotatable bonds is 4. The Morgan fingerprint density at radius 1 is 1.15 bits per heavy atom. The molecule has 0 unspecified atom stereocenters. The number of hydrogen-bond acceptors (Lipinski definition) is 4. The summed E-state index contributed by atoms with van der Waals surface area (Å²) in [5.74, 6) is 1.61. The third-order valence-corrected chi connectivity index (χ3v) is 3.43. The van der Waals surface area contributed by atoms with Crippen molar-refractivity contribution in [3.63, 3.8) is 0 Å². The lowest BCUT2D eigenvalue weighted by molar-refractivity contribution is 0.208. The number of nitrogens with two attached hydrogens (primary N) is 1. The second kappa shape index (κ2) is 6.66. The predicted octanol–water partition coefficient (Wildman–Crippen LogP) is 2.22. The van der Waals surface area contributed by atoms with Crippen molar-refractivity contribution in [2.45, 2.75) is 32.4 Å². The molecule has 0 fully saturated rings. The van der Waals surface area contributed by atoms with Crippen molar-refractivity contribution in [3.8, 4) is 11.5 Å². The van der Waals surface area contributed by atoms with Crippen LogP contribution in [0.1, 0.15) is 25.0 Å². The molecule has 1 aromatic rings. The minimum Gasteiger partial charge on any atom is -0.493 e. The average Bonchev–Trinajstić information content (AvgIpc) is 2.35. The van der Waals surface area contributed by atoms with Gasteiger partial charge in [-0.3, -0.25) is 4.90 Å². The van der Waals surface area contributed by atoms with E-state index in [-0.39, 0.29) is 17.9 Å². The van der Waals surface area contributed by atoms with Crippen LogP contribution in [0.15, 0.2) is 12.1 Å². The van der Waals surface area contributed by atoms with Crippen LogP contribution >= 0.6 is 12.4 Å². The van der Waals surface area contributed by atoms with Gasteiger partial charge in [0.05, 0.1) is 14.2 Å². The van der Waals surface area contributed by atoms with Gasteiger partial charge >= 0.3 is 0 Å². The monoisotopic (exact) mass is 300 g/mol. The van der Waals surface area contributed by atoms with Gasteiger partial charge < -0.3 is 15.2 Å². The van der Waals surface area contributed by atoms with Crippen molar-refractivity contribution in [2.24, 2.45) is 5.73 Å². The van der Waals surface area contributed by atoms with Gasteiger partial charge in [-0.25, -0.2) is 0 Å². The van der Waals surface area contributed by atoms with E-state index in [0.29, 0.717) is 0 Å². The topological polar surface area (TPSA) is 47.7 Å². The minimum absolute atomic E-state index is 0. The summed E-state index contributed by atoms with van der Waals surface area (Å²) in [4.78, 5) is 2.40. The SMILES string of the molecule is COc1cc2c(cc1OC)CN(CC(C)(C)N)CC2.Cl. The van der Waals surface area contributed by atoms with Gasteiger partial charge in [0.1, 0.15) is 0 Å². The fraction of sp³-hybridized carbons (Fsp3) is 0.600. The maximum absolute atomic E-state index is 6.10. The first kappa shape index (κ1) is 17.1. The van der Waals surface area contributed by atoms with E-state index in [1.807, 2.05) is 0 Å². The summed E-state index contributed by atoms with van der Waals surface area (Å²) in [6, 6.07) is 4.18. The van der Waals surface area contributed by atoms with E-state index >= 15 is 0 Å². The molecular formula is C15H25ClN2O2. The Balaban J connectivity index is 0.00000200. The molecule has 0 spiro atoms. The van der Waals surface area contributed by atoms with E-state index in [1.54, 1.807) is 14.2 Å². The molecule has 5 heteroatoms. The van der Waals surface area contributed by atoms with Crippen molar-refractivity contribution < 1.29 is 9.47 Å². The molecule has 114 valence electrons. The van der Waals surface area contributed by atoms with Crippen LogP contribution < -0.4 is 15.2 Å². The van der Waals surface area contributed by atoms with Gasteiger partial charge in [0.25, 0.3) is 0 Å². The Hall–Kier alpha value is -0.970. The van der Waals surface area contributed by atoms with E-state index in [2.05, 4.69) is 30.9 Å². The molecule has 0 saturated heterocycles. The van der Waals surface area contributed by atoms with Crippen LogP contribution in [0.4, 0.5) is 0 Å². The molecule has 0 amide bonds. The average molecular weight is 301 g/mol. The Bertz CT molecular complexity index is 458. The second-order valence-electron chi connectivity index (χ2n) is 5.93. The molecule has 4 nitrogen and oxygen atoms in total. The molecule has 0 aromatic heterocycles. The predicted molar refractivity (Wildman–Crippen MR) is 84.0 cm³/mol. The number of methoxy groups -OCH3 is 2. The lowest BCUT2D eigenvalue weighted by Gasteiger charge is -2.34. The maximum atomic E-state index is 6.10. The highest BCUT2D eigenvalue weighted by atomic mass is 35.5. The van der Waals surface area contributed by atoms with Gasteiger partial charge in [-0.05, 0) is 43.5 Å². The fourth-order valence-corrected chi connectivity index (χ4v) is 2.65. The van der Waals surface area contributed by atoms with Gasteiger partial charge in [0.2, 0.25) is 0 Å². The zero-order valence-corrected chi connectivity index (χ0v) is 13.5. The van der Waals surface area contributed by atoms with E-state index in [1.165, 1.54) is 11.1 Å². The van der Waals surface area contributed by atoms with Crippen LogP contribution in [-0.4, -0.2) is 37.7 Å². The summed E-state index contributed by atoms with van der Waals surface area (Å²) in [5, 5.41) is 0. The van der Waals surface area contributed by atoms with E-state index < -0.39 is 0 Å². The molecule has 1 aromatic carbocycles. The molecule has 0 saturated carbocycles. The molecule has 0 bridgehead atoms. The number of nitrogens with zero attached hydrogens (tertiary/aromatic N) is 1. The molecule has 1 heterocycles. The molecule has 2 N–H and O–H groups in total. The Morgan fingerprint density at radius 2 is 1.70 bits per heavy atom. The van der Waals surface area contributed by atoms with Crippen molar-refractivity contribution in [2.75, 3.05) is 27.3 Å². The quantitative estimate of drug-likeness (QED) is 0.926. The number of ether oxygens (including phenoxy) is 2. The zero-order chi connectivity index (χ0) is 14.0. The number of benzene rings is 1. The third-order valence-electron chi connectivity index (χ3n) is 3.43. The zero-order valence-electron chi connectivity index (χ0n) is 12.7. The first-order valence-electron chi connectivity index (χ1n) is 6.68.